The Labute approximate surface area is 122 Å². The zero-order valence-corrected chi connectivity index (χ0v) is 12.8. The van der Waals surface area contributed by atoms with Crippen LogP contribution in [-0.2, 0) is 16.0 Å². The lowest BCUT2D eigenvalue weighted by Gasteiger charge is -2.20. The van der Waals surface area contributed by atoms with Gasteiger partial charge in [-0.3, -0.25) is 0 Å². The van der Waals surface area contributed by atoms with Crippen LogP contribution in [0, 0.1) is 0 Å². The van der Waals surface area contributed by atoms with Crippen LogP contribution in [0.4, 0.5) is 0 Å². The van der Waals surface area contributed by atoms with E-state index in [4.69, 9.17) is 9.47 Å². The van der Waals surface area contributed by atoms with E-state index in [1.807, 2.05) is 19.9 Å². The molecule has 1 saturated heterocycles. The summed E-state index contributed by atoms with van der Waals surface area (Å²) >= 11 is 3.61. The first-order chi connectivity index (χ1) is 9.09. The lowest BCUT2D eigenvalue weighted by atomic mass is 10.1. The fourth-order valence-electron chi connectivity index (χ4n) is 2.86. The maximum absolute atomic E-state index is 6.02. The monoisotopic (exact) mass is 324 g/mol. The van der Waals surface area contributed by atoms with E-state index in [2.05, 4.69) is 51.0 Å². The lowest BCUT2D eigenvalue weighted by molar-refractivity contribution is -0.573. The van der Waals surface area contributed by atoms with Crippen LogP contribution in [0.5, 0.6) is 0 Å². The third-order valence-electron chi connectivity index (χ3n) is 3.67. The van der Waals surface area contributed by atoms with Crippen LogP contribution in [0.3, 0.4) is 0 Å². The van der Waals surface area contributed by atoms with Gasteiger partial charge in [0.25, 0.3) is 0 Å². The van der Waals surface area contributed by atoms with E-state index in [1.165, 1.54) is 5.56 Å². The first-order valence-corrected chi connectivity index (χ1v) is 7.77. The maximum Gasteiger partial charge on any atom is 0.191 e. The SMILES string of the molecule is CC1(C)O[C@H]2C=[N+](Cc3ccccc3)C(CBr)[C@H]2O1. The minimum Gasteiger partial charge on any atom is -0.337 e. The normalized spacial score (nSPS) is 32.2. The smallest absolute Gasteiger partial charge is 0.191 e. The number of hydrogen-bond donors (Lipinski definition) is 0. The van der Waals surface area contributed by atoms with Crippen molar-refractivity contribution < 1.29 is 14.0 Å². The van der Waals surface area contributed by atoms with Gasteiger partial charge in [-0.1, -0.05) is 46.3 Å². The van der Waals surface area contributed by atoms with Gasteiger partial charge in [0.15, 0.2) is 36.8 Å². The Morgan fingerprint density at radius 1 is 1.21 bits per heavy atom. The van der Waals surface area contributed by atoms with Crippen molar-refractivity contribution in [2.45, 2.75) is 44.4 Å². The molecule has 4 heteroatoms. The molecular formula is C15H19BrNO2+. The molecule has 3 rings (SSSR count). The number of halogens is 1. The average Bonchev–Trinajstić information content (AvgIpc) is 2.81. The molecule has 1 aromatic rings. The van der Waals surface area contributed by atoms with Crippen LogP contribution >= 0.6 is 15.9 Å². The van der Waals surface area contributed by atoms with E-state index in [0.717, 1.165) is 11.9 Å². The summed E-state index contributed by atoms with van der Waals surface area (Å²) in [6.07, 6.45) is 2.37. The second kappa shape index (κ2) is 5.00. The average molecular weight is 325 g/mol. The highest BCUT2D eigenvalue weighted by atomic mass is 79.9. The van der Waals surface area contributed by atoms with Gasteiger partial charge in [-0.25, -0.2) is 4.58 Å². The van der Waals surface area contributed by atoms with E-state index < -0.39 is 5.79 Å². The van der Waals surface area contributed by atoms with Gasteiger partial charge >= 0.3 is 0 Å². The van der Waals surface area contributed by atoms with Gasteiger partial charge in [0.2, 0.25) is 0 Å². The van der Waals surface area contributed by atoms with Crippen LogP contribution in [0.2, 0.25) is 0 Å². The van der Waals surface area contributed by atoms with Crippen molar-refractivity contribution in [2.24, 2.45) is 0 Å². The Balaban J connectivity index is 1.79. The summed E-state index contributed by atoms with van der Waals surface area (Å²) in [7, 11) is 0. The second-order valence-electron chi connectivity index (χ2n) is 5.59. The number of ether oxygens (including phenoxy) is 2. The van der Waals surface area contributed by atoms with Crippen molar-refractivity contribution in [3.05, 3.63) is 35.9 Å². The lowest BCUT2D eigenvalue weighted by Crippen LogP contribution is -2.37. The molecule has 0 saturated carbocycles. The van der Waals surface area contributed by atoms with Crippen molar-refractivity contribution >= 4 is 22.1 Å². The first-order valence-electron chi connectivity index (χ1n) is 6.65. The molecule has 2 heterocycles. The summed E-state index contributed by atoms with van der Waals surface area (Å²) in [5, 5.41) is 0.886. The molecule has 2 aliphatic rings. The van der Waals surface area contributed by atoms with Crippen LogP contribution in [-0.4, -0.2) is 40.2 Å². The highest BCUT2D eigenvalue weighted by Crippen LogP contribution is 2.34. The molecule has 3 nitrogen and oxygen atoms in total. The highest BCUT2D eigenvalue weighted by Gasteiger charge is 2.53. The van der Waals surface area contributed by atoms with Gasteiger partial charge in [0.05, 0.1) is 5.33 Å². The van der Waals surface area contributed by atoms with Crippen molar-refractivity contribution in [3.63, 3.8) is 0 Å². The summed E-state index contributed by atoms with van der Waals surface area (Å²) in [5.74, 6) is -0.467. The molecule has 0 radical (unpaired) electrons. The summed E-state index contributed by atoms with van der Waals surface area (Å²) < 4.78 is 14.3. The third kappa shape index (κ3) is 2.62. The van der Waals surface area contributed by atoms with Gasteiger partial charge in [-0.05, 0) is 13.8 Å². The van der Waals surface area contributed by atoms with E-state index in [0.29, 0.717) is 6.04 Å². The Morgan fingerprint density at radius 3 is 2.63 bits per heavy atom. The third-order valence-corrected chi connectivity index (χ3v) is 4.34. The van der Waals surface area contributed by atoms with Crippen LogP contribution in [0.1, 0.15) is 19.4 Å². The summed E-state index contributed by atoms with van der Waals surface area (Å²) in [6, 6.07) is 10.8. The van der Waals surface area contributed by atoms with Gasteiger partial charge in [0, 0.05) is 5.56 Å². The molecule has 2 aliphatic heterocycles. The fourth-order valence-corrected chi connectivity index (χ4v) is 3.60. The van der Waals surface area contributed by atoms with Crippen LogP contribution < -0.4 is 0 Å². The number of alkyl halides is 1. The van der Waals surface area contributed by atoms with Crippen LogP contribution in [0.15, 0.2) is 30.3 Å². The highest BCUT2D eigenvalue weighted by molar-refractivity contribution is 9.09. The quantitative estimate of drug-likeness (QED) is 0.629. The zero-order chi connectivity index (χ0) is 13.5. The second-order valence-corrected chi connectivity index (χ2v) is 6.24. The predicted molar refractivity (Wildman–Crippen MR) is 77.9 cm³/mol. The van der Waals surface area contributed by atoms with Gasteiger partial charge in [-0.15, -0.1) is 0 Å². The van der Waals surface area contributed by atoms with E-state index in [-0.39, 0.29) is 12.2 Å². The number of benzene rings is 1. The van der Waals surface area contributed by atoms with Gasteiger partial charge < -0.3 is 9.47 Å². The summed E-state index contributed by atoms with van der Waals surface area (Å²) in [6.45, 7) is 4.86. The fraction of sp³-hybridized carbons (Fsp3) is 0.533. The summed E-state index contributed by atoms with van der Waals surface area (Å²) in [4.78, 5) is 0. The largest absolute Gasteiger partial charge is 0.337 e. The number of rotatable bonds is 3. The molecule has 1 aromatic carbocycles. The molecule has 0 aromatic heterocycles. The van der Waals surface area contributed by atoms with Crippen molar-refractivity contribution in [1.82, 2.24) is 0 Å². The Kier molecular flexibility index (Phi) is 3.50. The number of nitrogens with zero attached hydrogens (tertiary/aromatic N) is 1. The maximum atomic E-state index is 6.02. The van der Waals surface area contributed by atoms with E-state index in [9.17, 15) is 0 Å². The first kappa shape index (κ1) is 13.3. The van der Waals surface area contributed by atoms with Crippen molar-refractivity contribution in [1.29, 1.82) is 0 Å². The molecule has 0 amide bonds. The predicted octanol–water partition coefficient (Wildman–Crippen LogP) is 2.57. The Morgan fingerprint density at radius 2 is 1.95 bits per heavy atom. The van der Waals surface area contributed by atoms with E-state index in [1.54, 1.807) is 0 Å². The molecule has 0 spiro atoms. The van der Waals surface area contributed by atoms with Gasteiger partial charge in [-0.2, -0.15) is 0 Å². The Hall–Kier alpha value is -0.710. The molecule has 102 valence electrons. The standard InChI is InChI=1S/C15H19BrNO2/c1-15(2)18-13-10-17(12(8-16)14(13)19-15)9-11-6-4-3-5-7-11/h3-7,10,12-14H,8-9H2,1-2H3/q+1/t12?,13-,14+/m0/s1. The molecule has 0 aliphatic carbocycles. The summed E-state index contributed by atoms with van der Waals surface area (Å²) in [5.41, 5.74) is 1.31. The zero-order valence-electron chi connectivity index (χ0n) is 11.3. The molecular weight excluding hydrogens is 306 g/mol. The minimum atomic E-state index is -0.467. The van der Waals surface area contributed by atoms with Crippen LogP contribution in [0.25, 0.3) is 0 Å². The number of fused-ring (bicyclic) bond motifs is 1. The molecule has 0 N–H and O–H groups in total. The van der Waals surface area contributed by atoms with Crippen molar-refractivity contribution in [3.8, 4) is 0 Å². The topological polar surface area (TPSA) is 21.5 Å². The molecule has 3 atom stereocenters. The van der Waals surface area contributed by atoms with E-state index >= 15 is 0 Å². The molecule has 1 unspecified atom stereocenters. The van der Waals surface area contributed by atoms with Crippen molar-refractivity contribution in [2.75, 3.05) is 5.33 Å². The molecule has 19 heavy (non-hydrogen) atoms. The minimum absolute atomic E-state index is 0.0706. The molecule has 0 bridgehead atoms. The Bertz CT molecular complexity index is 486. The number of hydrogen-bond acceptors (Lipinski definition) is 2. The molecule has 1 fully saturated rings. The van der Waals surface area contributed by atoms with Gasteiger partial charge in [0.1, 0.15) is 0 Å².